The van der Waals surface area contributed by atoms with Crippen molar-refractivity contribution in [2.45, 2.75) is 0 Å². The molecule has 0 atom stereocenters. The van der Waals surface area contributed by atoms with E-state index >= 15 is 0 Å². The number of nitrogens with zero attached hydrogens (tertiary/aromatic N) is 1. The highest BCUT2D eigenvalue weighted by Crippen LogP contribution is 2.34. The lowest BCUT2D eigenvalue weighted by atomic mass is 10.2. The first-order valence-electron chi connectivity index (χ1n) is 3.87. The van der Waals surface area contributed by atoms with Crippen LogP contribution in [0.3, 0.4) is 0 Å². The Morgan fingerprint density at radius 1 is 1.60 bits per heavy atom. The lowest BCUT2D eigenvalue weighted by Crippen LogP contribution is -2.09. The molecule has 1 amide bonds. The molecule has 0 aliphatic heterocycles. The zero-order valence-electron chi connectivity index (χ0n) is 7.76. The predicted molar refractivity (Wildman–Crippen MR) is 51.3 cm³/mol. The lowest BCUT2D eigenvalue weighted by molar-refractivity contribution is -0.384. The Morgan fingerprint density at radius 2 is 2.27 bits per heavy atom. The van der Waals surface area contributed by atoms with Crippen molar-refractivity contribution in [1.82, 2.24) is 0 Å². The van der Waals surface area contributed by atoms with Crippen LogP contribution in [0.2, 0.25) is 0 Å². The Balaban J connectivity index is 3.25. The number of amides is 1. The van der Waals surface area contributed by atoms with Crippen LogP contribution in [0, 0.1) is 10.1 Å². The molecule has 7 nitrogen and oxygen atoms in total. The Kier molecular flexibility index (Phi) is 3.06. The molecule has 1 aromatic rings. The molecule has 0 spiro atoms. The van der Waals surface area contributed by atoms with E-state index in [0.717, 1.165) is 0 Å². The number of carbonyl (C=O) groups is 1. The highest BCUT2D eigenvalue weighted by atomic mass is 16.6. The van der Waals surface area contributed by atoms with Crippen LogP contribution in [0.25, 0.3) is 0 Å². The molecule has 0 radical (unpaired) electrons. The zero-order chi connectivity index (χ0) is 11.4. The summed E-state index contributed by atoms with van der Waals surface area (Å²) in [4.78, 5) is 20.3. The van der Waals surface area contributed by atoms with E-state index in [1.165, 1.54) is 25.3 Å². The number of rotatable bonds is 3. The molecule has 15 heavy (non-hydrogen) atoms. The molecular weight excluding hydrogens is 204 g/mol. The van der Waals surface area contributed by atoms with Crippen LogP contribution in [0.5, 0.6) is 5.75 Å². The van der Waals surface area contributed by atoms with Crippen molar-refractivity contribution in [2.75, 3.05) is 12.4 Å². The van der Waals surface area contributed by atoms with E-state index in [9.17, 15) is 14.9 Å². The second kappa shape index (κ2) is 4.27. The van der Waals surface area contributed by atoms with Crippen LogP contribution in [0.1, 0.15) is 0 Å². The molecule has 1 aromatic carbocycles. The average Bonchev–Trinajstić information content (AvgIpc) is 2.15. The minimum atomic E-state index is -1.37. The number of carboxylic acid groups (broad SMARTS) is 1. The third-order valence-corrected chi connectivity index (χ3v) is 1.64. The number of hydrogen-bond donors (Lipinski definition) is 2. The van der Waals surface area contributed by atoms with Crippen molar-refractivity contribution in [2.24, 2.45) is 0 Å². The van der Waals surface area contributed by atoms with Crippen LogP contribution in [-0.2, 0) is 0 Å². The fourth-order valence-corrected chi connectivity index (χ4v) is 1.09. The summed E-state index contributed by atoms with van der Waals surface area (Å²) in [6.45, 7) is 0. The largest absolute Gasteiger partial charge is 0.490 e. The minimum absolute atomic E-state index is 0.00579. The summed E-state index contributed by atoms with van der Waals surface area (Å²) in [5.74, 6) is 0.00579. The number of anilines is 1. The first-order chi connectivity index (χ1) is 7.06. The summed E-state index contributed by atoms with van der Waals surface area (Å²) in [5, 5.41) is 21.1. The summed E-state index contributed by atoms with van der Waals surface area (Å²) < 4.78 is 4.75. The van der Waals surface area contributed by atoms with Gasteiger partial charge in [0, 0.05) is 0 Å². The van der Waals surface area contributed by atoms with E-state index in [1.807, 2.05) is 5.32 Å². The molecule has 7 heteroatoms. The van der Waals surface area contributed by atoms with Gasteiger partial charge < -0.3 is 9.84 Å². The maximum Gasteiger partial charge on any atom is 0.409 e. The highest BCUT2D eigenvalue weighted by molar-refractivity contribution is 5.87. The number of benzene rings is 1. The second-order valence-corrected chi connectivity index (χ2v) is 2.54. The van der Waals surface area contributed by atoms with Crippen LogP contribution >= 0.6 is 0 Å². The normalized spacial score (nSPS) is 9.40. The van der Waals surface area contributed by atoms with Crippen molar-refractivity contribution >= 4 is 17.5 Å². The SMILES string of the molecule is COc1cccc(NC(=O)O)c1[N+](=O)[O-]. The van der Waals surface area contributed by atoms with Crippen molar-refractivity contribution < 1.29 is 19.6 Å². The molecule has 1 rings (SSSR count). The summed E-state index contributed by atoms with van der Waals surface area (Å²) in [5.41, 5.74) is -0.519. The fraction of sp³-hybridized carbons (Fsp3) is 0.125. The van der Waals surface area contributed by atoms with Gasteiger partial charge >= 0.3 is 11.8 Å². The topological polar surface area (TPSA) is 102 Å². The van der Waals surface area contributed by atoms with Crippen LogP contribution in [0.4, 0.5) is 16.2 Å². The molecule has 0 aliphatic rings. The number of para-hydroxylation sites is 1. The number of nitro benzene ring substituents is 1. The maximum absolute atomic E-state index is 10.7. The van der Waals surface area contributed by atoms with Gasteiger partial charge in [0.1, 0.15) is 5.69 Å². The minimum Gasteiger partial charge on any atom is -0.490 e. The van der Waals surface area contributed by atoms with Gasteiger partial charge in [-0.3, -0.25) is 15.4 Å². The lowest BCUT2D eigenvalue weighted by Gasteiger charge is -2.05. The van der Waals surface area contributed by atoms with Gasteiger partial charge in [0.05, 0.1) is 12.0 Å². The molecule has 0 saturated heterocycles. The van der Waals surface area contributed by atoms with Crippen molar-refractivity contribution in [1.29, 1.82) is 0 Å². The molecule has 0 saturated carbocycles. The number of nitro groups is 1. The molecule has 0 unspecified atom stereocenters. The van der Waals surface area contributed by atoms with E-state index in [4.69, 9.17) is 9.84 Å². The van der Waals surface area contributed by atoms with Crippen LogP contribution in [-0.4, -0.2) is 23.2 Å². The van der Waals surface area contributed by atoms with Gasteiger partial charge in [0.25, 0.3) is 0 Å². The summed E-state index contributed by atoms with van der Waals surface area (Å²) in [6.07, 6.45) is -1.37. The Morgan fingerprint density at radius 3 is 2.73 bits per heavy atom. The van der Waals surface area contributed by atoms with Gasteiger partial charge in [-0.2, -0.15) is 0 Å². The van der Waals surface area contributed by atoms with Crippen LogP contribution < -0.4 is 10.1 Å². The van der Waals surface area contributed by atoms with Gasteiger partial charge in [0.2, 0.25) is 0 Å². The molecule has 80 valence electrons. The number of nitrogens with one attached hydrogen (secondary N) is 1. The monoisotopic (exact) mass is 212 g/mol. The van der Waals surface area contributed by atoms with Crippen molar-refractivity contribution in [3.05, 3.63) is 28.3 Å². The van der Waals surface area contributed by atoms with Crippen LogP contribution in [0.15, 0.2) is 18.2 Å². The van der Waals surface area contributed by atoms with Gasteiger partial charge in [-0.05, 0) is 12.1 Å². The zero-order valence-corrected chi connectivity index (χ0v) is 7.76. The molecule has 0 bridgehead atoms. The number of methoxy groups -OCH3 is 1. The van der Waals surface area contributed by atoms with E-state index in [0.29, 0.717) is 0 Å². The van der Waals surface area contributed by atoms with E-state index in [2.05, 4.69) is 0 Å². The van der Waals surface area contributed by atoms with Gasteiger partial charge in [-0.25, -0.2) is 4.79 Å². The molecule has 0 aromatic heterocycles. The number of hydrogen-bond acceptors (Lipinski definition) is 4. The third kappa shape index (κ3) is 2.33. The Hall–Kier alpha value is -2.31. The quantitative estimate of drug-likeness (QED) is 0.586. The molecule has 0 fully saturated rings. The van der Waals surface area contributed by atoms with Crippen molar-refractivity contribution in [3.8, 4) is 5.75 Å². The smallest absolute Gasteiger partial charge is 0.409 e. The van der Waals surface area contributed by atoms with Gasteiger partial charge in [-0.1, -0.05) is 6.07 Å². The first kappa shape index (κ1) is 10.8. The average molecular weight is 212 g/mol. The number of ether oxygens (including phenoxy) is 1. The summed E-state index contributed by atoms with van der Waals surface area (Å²) in [6, 6.07) is 4.12. The fourth-order valence-electron chi connectivity index (χ4n) is 1.09. The summed E-state index contributed by atoms with van der Waals surface area (Å²) in [7, 11) is 1.27. The molecule has 0 heterocycles. The highest BCUT2D eigenvalue weighted by Gasteiger charge is 2.21. The third-order valence-electron chi connectivity index (χ3n) is 1.64. The van der Waals surface area contributed by atoms with Gasteiger partial charge in [-0.15, -0.1) is 0 Å². The second-order valence-electron chi connectivity index (χ2n) is 2.54. The predicted octanol–water partition coefficient (Wildman–Crippen LogP) is 1.69. The Bertz CT molecular complexity index is 404. The Labute approximate surface area is 84.4 Å². The standard InChI is InChI=1S/C8H8N2O5/c1-15-6-4-2-3-5(9-8(11)12)7(6)10(13)14/h2-4,9H,1H3,(H,11,12). The van der Waals surface area contributed by atoms with Gasteiger partial charge in [0.15, 0.2) is 5.75 Å². The van der Waals surface area contributed by atoms with Crippen molar-refractivity contribution in [3.63, 3.8) is 0 Å². The molecule has 2 N–H and O–H groups in total. The van der Waals surface area contributed by atoms with E-state index < -0.39 is 16.7 Å². The molecule has 0 aliphatic carbocycles. The van der Waals surface area contributed by atoms with E-state index in [1.54, 1.807) is 0 Å². The molecular formula is C8H8N2O5. The first-order valence-corrected chi connectivity index (χ1v) is 3.87. The summed E-state index contributed by atoms with van der Waals surface area (Å²) >= 11 is 0. The maximum atomic E-state index is 10.7. The van der Waals surface area contributed by atoms with E-state index in [-0.39, 0.29) is 11.4 Å².